The third-order valence-corrected chi connectivity index (χ3v) is 3.75. The maximum Gasteiger partial charge on any atom is 0.137 e. The van der Waals surface area contributed by atoms with Gasteiger partial charge in [-0.2, -0.15) is 0 Å². The van der Waals surface area contributed by atoms with E-state index in [1.54, 1.807) is 18.5 Å². The molecule has 2 rings (SSSR count). The molecular formula is C16H18BrFN2O. The highest BCUT2D eigenvalue weighted by atomic mass is 79.9. The van der Waals surface area contributed by atoms with Crippen molar-refractivity contribution in [1.82, 2.24) is 10.3 Å². The van der Waals surface area contributed by atoms with E-state index in [9.17, 15) is 4.39 Å². The Hall–Kier alpha value is -1.46. The zero-order valence-electron chi connectivity index (χ0n) is 12.1. The Bertz CT molecular complexity index is 607. The monoisotopic (exact) mass is 352 g/mol. The lowest BCUT2D eigenvalue weighted by Crippen LogP contribution is -2.18. The number of hydrogen-bond acceptors (Lipinski definition) is 3. The van der Waals surface area contributed by atoms with E-state index in [0.29, 0.717) is 11.1 Å². The zero-order chi connectivity index (χ0) is 15.2. The molecule has 1 heterocycles. The van der Waals surface area contributed by atoms with Crippen LogP contribution in [-0.2, 0) is 0 Å². The van der Waals surface area contributed by atoms with Crippen molar-refractivity contribution in [2.24, 2.45) is 0 Å². The second-order valence-corrected chi connectivity index (χ2v) is 5.55. The number of ether oxygens (including phenoxy) is 1. The number of halogens is 2. The SMILES string of the molecule is CCCOc1cncc(C(NC)c2ccc(Br)c(F)c2)c1. The van der Waals surface area contributed by atoms with Gasteiger partial charge >= 0.3 is 0 Å². The standard InChI is InChI=1S/C16H18BrFN2O/c1-3-6-21-13-7-12(9-20-10-13)16(19-2)11-4-5-14(17)15(18)8-11/h4-5,7-10,16,19H,3,6H2,1-2H3. The van der Waals surface area contributed by atoms with Gasteiger partial charge < -0.3 is 10.1 Å². The number of hydrogen-bond donors (Lipinski definition) is 1. The Balaban J connectivity index is 2.30. The van der Waals surface area contributed by atoms with Crippen molar-refractivity contribution < 1.29 is 9.13 Å². The van der Waals surface area contributed by atoms with E-state index in [4.69, 9.17) is 4.74 Å². The summed E-state index contributed by atoms with van der Waals surface area (Å²) in [4.78, 5) is 4.20. The average molecular weight is 353 g/mol. The fourth-order valence-electron chi connectivity index (χ4n) is 2.11. The second kappa shape index (κ2) is 7.52. The topological polar surface area (TPSA) is 34.1 Å². The van der Waals surface area contributed by atoms with Crippen LogP contribution in [0.15, 0.2) is 41.1 Å². The summed E-state index contributed by atoms with van der Waals surface area (Å²) in [5.74, 6) is 0.450. The smallest absolute Gasteiger partial charge is 0.137 e. The second-order valence-electron chi connectivity index (χ2n) is 4.70. The van der Waals surface area contributed by atoms with Gasteiger partial charge in [0.1, 0.15) is 11.6 Å². The van der Waals surface area contributed by atoms with E-state index in [1.165, 1.54) is 6.07 Å². The predicted octanol–water partition coefficient (Wildman–Crippen LogP) is 4.08. The first-order chi connectivity index (χ1) is 10.2. The molecule has 1 aromatic heterocycles. The minimum absolute atomic E-state index is 0.134. The van der Waals surface area contributed by atoms with Gasteiger partial charge in [0.15, 0.2) is 0 Å². The van der Waals surface area contributed by atoms with Crippen LogP contribution in [0, 0.1) is 5.82 Å². The summed E-state index contributed by atoms with van der Waals surface area (Å²) >= 11 is 3.17. The van der Waals surface area contributed by atoms with Gasteiger partial charge in [-0.15, -0.1) is 0 Å². The van der Waals surface area contributed by atoms with E-state index >= 15 is 0 Å². The molecular weight excluding hydrogens is 335 g/mol. The summed E-state index contributed by atoms with van der Waals surface area (Å²) in [5.41, 5.74) is 1.78. The lowest BCUT2D eigenvalue weighted by Gasteiger charge is -2.18. The largest absolute Gasteiger partial charge is 0.492 e. The summed E-state index contributed by atoms with van der Waals surface area (Å²) in [6.07, 6.45) is 4.39. The van der Waals surface area contributed by atoms with E-state index < -0.39 is 0 Å². The molecule has 112 valence electrons. The Morgan fingerprint density at radius 1 is 1.29 bits per heavy atom. The van der Waals surface area contributed by atoms with E-state index in [2.05, 4.69) is 33.2 Å². The number of pyridine rings is 1. The van der Waals surface area contributed by atoms with Crippen molar-refractivity contribution in [3.05, 3.63) is 58.1 Å². The molecule has 21 heavy (non-hydrogen) atoms. The van der Waals surface area contributed by atoms with Crippen molar-refractivity contribution in [2.75, 3.05) is 13.7 Å². The van der Waals surface area contributed by atoms with Gasteiger partial charge in [-0.05, 0) is 58.7 Å². The third-order valence-electron chi connectivity index (χ3n) is 3.11. The minimum atomic E-state index is -0.279. The molecule has 0 saturated heterocycles. The van der Waals surface area contributed by atoms with Crippen LogP contribution in [0.5, 0.6) is 5.75 Å². The van der Waals surface area contributed by atoms with Crippen LogP contribution < -0.4 is 10.1 Å². The Labute approximate surface area is 132 Å². The highest BCUT2D eigenvalue weighted by Gasteiger charge is 2.15. The number of aromatic nitrogens is 1. The van der Waals surface area contributed by atoms with Gasteiger partial charge in [0.25, 0.3) is 0 Å². The number of rotatable bonds is 6. The Morgan fingerprint density at radius 2 is 2.10 bits per heavy atom. The third kappa shape index (κ3) is 4.02. The molecule has 5 heteroatoms. The lowest BCUT2D eigenvalue weighted by atomic mass is 10.0. The van der Waals surface area contributed by atoms with Gasteiger partial charge in [0.2, 0.25) is 0 Å². The molecule has 3 nitrogen and oxygen atoms in total. The van der Waals surface area contributed by atoms with Crippen LogP contribution in [-0.4, -0.2) is 18.6 Å². The molecule has 0 fully saturated rings. The van der Waals surface area contributed by atoms with Crippen LogP contribution in [0.4, 0.5) is 4.39 Å². The lowest BCUT2D eigenvalue weighted by molar-refractivity contribution is 0.315. The molecule has 0 aliphatic carbocycles. The number of nitrogens with zero attached hydrogens (tertiary/aromatic N) is 1. The first kappa shape index (κ1) is 15.9. The molecule has 0 spiro atoms. The average Bonchev–Trinajstić information content (AvgIpc) is 2.50. The van der Waals surface area contributed by atoms with Crippen molar-refractivity contribution in [2.45, 2.75) is 19.4 Å². The van der Waals surface area contributed by atoms with Crippen LogP contribution >= 0.6 is 15.9 Å². The molecule has 1 unspecified atom stereocenters. The Kier molecular flexibility index (Phi) is 5.70. The van der Waals surface area contributed by atoms with Crippen molar-refractivity contribution in [3.8, 4) is 5.75 Å². The van der Waals surface area contributed by atoms with Gasteiger partial charge in [-0.25, -0.2) is 4.39 Å². The maximum atomic E-state index is 13.7. The normalized spacial score (nSPS) is 12.2. The molecule has 0 radical (unpaired) electrons. The summed E-state index contributed by atoms with van der Waals surface area (Å²) in [5, 5.41) is 3.19. The maximum absolute atomic E-state index is 13.7. The van der Waals surface area contributed by atoms with Crippen LogP contribution in [0.1, 0.15) is 30.5 Å². The molecule has 0 aliphatic heterocycles. The van der Waals surface area contributed by atoms with Gasteiger partial charge in [-0.3, -0.25) is 4.98 Å². The van der Waals surface area contributed by atoms with Crippen LogP contribution in [0.2, 0.25) is 0 Å². The van der Waals surface area contributed by atoms with Gasteiger partial charge in [0.05, 0.1) is 23.3 Å². The molecule has 0 amide bonds. The van der Waals surface area contributed by atoms with E-state index in [-0.39, 0.29) is 11.9 Å². The van der Waals surface area contributed by atoms with Crippen molar-refractivity contribution in [3.63, 3.8) is 0 Å². The molecule has 0 saturated carbocycles. The Morgan fingerprint density at radius 3 is 2.76 bits per heavy atom. The molecule has 1 aromatic carbocycles. The summed E-state index contributed by atoms with van der Waals surface area (Å²) < 4.78 is 19.8. The fourth-order valence-corrected chi connectivity index (χ4v) is 2.36. The zero-order valence-corrected chi connectivity index (χ0v) is 13.7. The predicted molar refractivity (Wildman–Crippen MR) is 85.0 cm³/mol. The van der Waals surface area contributed by atoms with Crippen LogP contribution in [0.25, 0.3) is 0 Å². The molecule has 1 N–H and O–H groups in total. The van der Waals surface area contributed by atoms with Crippen molar-refractivity contribution >= 4 is 15.9 Å². The minimum Gasteiger partial charge on any atom is -0.492 e. The van der Waals surface area contributed by atoms with Crippen LogP contribution in [0.3, 0.4) is 0 Å². The van der Waals surface area contributed by atoms with Gasteiger partial charge in [0, 0.05) is 6.20 Å². The quantitative estimate of drug-likeness (QED) is 0.850. The first-order valence-corrected chi connectivity index (χ1v) is 7.65. The van der Waals surface area contributed by atoms with E-state index in [0.717, 1.165) is 23.3 Å². The fraction of sp³-hybridized carbons (Fsp3) is 0.312. The summed E-state index contributed by atoms with van der Waals surface area (Å²) in [6.45, 7) is 2.71. The molecule has 0 bridgehead atoms. The number of benzene rings is 1. The highest BCUT2D eigenvalue weighted by Crippen LogP contribution is 2.26. The van der Waals surface area contributed by atoms with E-state index in [1.807, 2.05) is 19.2 Å². The highest BCUT2D eigenvalue weighted by molar-refractivity contribution is 9.10. The molecule has 2 aromatic rings. The van der Waals surface area contributed by atoms with Crippen molar-refractivity contribution in [1.29, 1.82) is 0 Å². The molecule has 0 aliphatic rings. The number of nitrogens with one attached hydrogen (secondary N) is 1. The summed E-state index contributed by atoms with van der Waals surface area (Å²) in [6, 6.07) is 6.91. The summed E-state index contributed by atoms with van der Waals surface area (Å²) in [7, 11) is 1.84. The first-order valence-electron chi connectivity index (χ1n) is 6.85. The molecule has 1 atom stereocenters. The van der Waals surface area contributed by atoms with Gasteiger partial charge in [-0.1, -0.05) is 13.0 Å².